The highest BCUT2D eigenvalue weighted by Crippen LogP contribution is 2.29. The van der Waals surface area contributed by atoms with Gasteiger partial charge in [-0.3, -0.25) is 14.3 Å². The van der Waals surface area contributed by atoms with Crippen molar-refractivity contribution in [2.24, 2.45) is 5.92 Å². The van der Waals surface area contributed by atoms with Gasteiger partial charge in [0, 0.05) is 49.6 Å². The summed E-state index contributed by atoms with van der Waals surface area (Å²) in [6.45, 7) is 5.67. The van der Waals surface area contributed by atoms with Crippen LogP contribution in [0.5, 0.6) is 0 Å². The molecule has 202 valence electrons. The number of piperidine rings is 2. The summed E-state index contributed by atoms with van der Waals surface area (Å²) in [7, 11) is 0. The first-order valence-corrected chi connectivity index (χ1v) is 13.6. The van der Waals surface area contributed by atoms with Gasteiger partial charge >= 0.3 is 5.69 Å². The number of aryl methyl sites for hydroxylation is 1. The Bertz CT molecular complexity index is 1530. The van der Waals surface area contributed by atoms with E-state index in [-0.39, 0.29) is 23.6 Å². The molecular formula is C29H32FN7O2. The van der Waals surface area contributed by atoms with Crippen molar-refractivity contribution in [1.29, 1.82) is 0 Å². The Morgan fingerprint density at radius 1 is 0.974 bits per heavy atom. The second kappa shape index (κ2) is 10.7. The number of amides is 1. The number of aromatic nitrogens is 5. The molecule has 0 bridgehead atoms. The largest absolute Gasteiger partial charge is 0.342 e. The first-order chi connectivity index (χ1) is 19.0. The van der Waals surface area contributed by atoms with Crippen LogP contribution in [0.4, 0.5) is 4.39 Å². The third-order valence-corrected chi connectivity index (χ3v) is 8.07. The summed E-state index contributed by atoms with van der Waals surface area (Å²) >= 11 is 0. The second-order valence-electron chi connectivity index (χ2n) is 10.6. The fourth-order valence-electron chi connectivity index (χ4n) is 6.03. The SMILES string of the molecule is Cc1cccc(-n2c(=O)n(C3CCN(C(=O)C4CCN(Cc5ccnnc5)CC4)CC3)c3ccc(F)cc32)n1. The van der Waals surface area contributed by atoms with Gasteiger partial charge in [0.05, 0.1) is 17.2 Å². The molecule has 1 aromatic carbocycles. The van der Waals surface area contributed by atoms with Crippen LogP contribution in [0.25, 0.3) is 16.9 Å². The molecule has 0 saturated carbocycles. The first kappa shape index (κ1) is 25.4. The fourth-order valence-corrected chi connectivity index (χ4v) is 6.03. The van der Waals surface area contributed by atoms with Crippen LogP contribution in [0.2, 0.25) is 0 Å². The van der Waals surface area contributed by atoms with Crippen molar-refractivity contribution in [2.75, 3.05) is 26.2 Å². The fraction of sp³-hybridized carbons (Fsp3) is 0.414. The number of hydrogen-bond acceptors (Lipinski definition) is 6. The predicted molar refractivity (Wildman–Crippen MR) is 145 cm³/mol. The third kappa shape index (κ3) is 5.08. The molecule has 1 amide bonds. The number of carbonyl (C=O) groups is 1. The summed E-state index contributed by atoms with van der Waals surface area (Å²) < 4.78 is 17.5. The van der Waals surface area contributed by atoms with Crippen molar-refractivity contribution < 1.29 is 9.18 Å². The standard InChI is InChI=1S/C29H32FN7O2/c1-20-3-2-4-27(33-20)37-26-17-23(30)5-6-25(26)36(29(37)39)24-10-15-35(16-11-24)28(38)22-8-13-34(14-9-22)19-21-7-12-31-32-18-21/h2-7,12,17-18,22,24H,8-11,13-16,19H2,1H3. The monoisotopic (exact) mass is 529 g/mol. The minimum absolute atomic E-state index is 0.0355. The maximum Gasteiger partial charge on any atom is 0.335 e. The van der Waals surface area contributed by atoms with E-state index in [1.54, 1.807) is 29.1 Å². The van der Waals surface area contributed by atoms with Gasteiger partial charge in [-0.1, -0.05) is 6.07 Å². The molecule has 39 heavy (non-hydrogen) atoms. The van der Waals surface area contributed by atoms with Gasteiger partial charge < -0.3 is 4.90 Å². The Labute approximate surface area is 225 Å². The lowest BCUT2D eigenvalue weighted by atomic mass is 9.93. The molecule has 0 N–H and O–H groups in total. The van der Waals surface area contributed by atoms with Gasteiger partial charge in [0.25, 0.3) is 0 Å². The van der Waals surface area contributed by atoms with Gasteiger partial charge in [-0.25, -0.2) is 18.7 Å². The quantitative estimate of drug-likeness (QED) is 0.393. The number of benzene rings is 1. The van der Waals surface area contributed by atoms with Crippen LogP contribution in [0, 0.1) is 18.7 Å². The number of nitrogens with zero attached hydrogens (tertiary/aromatic N) is 7. The zero-order chi connectivity index (χ0) is 26.9. The van der Waals surface area contributed by atoms with E-state index in [0.717, 1.165) is 43.7 Å². The molecule has 2 saturated heterocycles. The van der Waals surface area contributed by atoms with E-state index in [0.29, 0.717) is 42.8 Å². The van der Waals surface area contributed by atoms with E-state index < -0.39 is 5.82 Å². The Morgan fingerprint density at radius 3 is 2.49 bits per heavy atom. The molecule has 4 aromatic rings. The Hall–Kier alpha value is -3.92. The summed E-state index contributed by atoms with van der Waals surface area (Å²) in [6, 6.07) is 11.8. The number of imidazole rings is 1. The normalized spacial score (nSPS) is 17.6. The molecule has 2 aliphatic rings. The topological polar surface area (TPSA) is 89.2 Å². The summed E-state index contributed by atoms with van der Waals surface area (Å²) in [4.78, 5) is 35.9. The Kier molecular flexibility index (Phi) is 6.95. The highest BCUT2D eigenvalue weighted by Gasteiger charge is 2.32. The molecule has 0 unspecified atom stereocenters. The Balaban J connectivity index is 1.14. The maximum absolute atomic E-state index is 14.2. The molecule has 5 heterocycles. The summed E-state index contributed by atoms with van der Waals surface area (Å²) in [6.07, 6.45) is 6.55. The van der Waals surface area contributed by atoms with Crippen molar-refractivity contribution in [1.82, 2.24) is 34.1 Å². The van der Waals surface area contributed by atoms with Crippen LogP contribution in [0.3, 0.4) is 0 Å². The van der Waals surface area contributed by atoms with Crippen molar-refractivity contribution in [3.8, 4) is 5.82 Å². The number of rotatable bonds is 5. The van der Waals surface area contributed by atoms with Gasteiger partial charge in [0.15, 0.2) is 0 Å². The number of halogens is 1. The molecule has 0 atom stereocenters. The smallest absolute Gasteiger partial charge is 0.335 e. The van der Waals surface area contributed by atoms with Gasteiger partial charge in [0.1, 0.15) is 11.6 Å². The lowest BCUT2D eigenvalue weighted by Crippen LogP contribution is -2.46. The molecule has 2 aliphatic heterocycles. The molecule has 2 fully saturated rings. The first-order valence-electron chi connectivity index (χ1n) is 13.6. The van der Waals surface area contributed by atoms with E-state index in [2.05, 4.69) is 20.1 Å². The van der Waals surface area contributed by atoms with E-state index in [1.807, 2.05) is 30.0 Å². The molecular weight excluding hydrogens is 497 g/mol. The van der Waals surface area contributed by atoms with Crippen LogP contribution in [-0.4, -0.2) is 66.2 Å². The number of carbonyl (C=O) groups excluding carboxylic acids is 1. The molecule has 0 spiro atoms. The van der Waals surface area contributed by atoms with Crippen molar-refractivity contribution in [3.05, 3.63) is 82.4 Å². The van der Waals surface area contributed by atoms with E-state index >= 15 is 0 Å². The van der Waals surface area contributed by atoms with Gasteiger partial charge in [-0.05, 0) is 81.6 Å². The Morgan fingerprint density at radius 2 is 1.77 bits per heavy atom. The van der Waals surface area contributed by atoms with E-state index in [4.69, 9.17) is 0 Å². The molecule has 0 aliphatic carbocycles. The number of likely N-dealkylation sites (tertiary alicyclic amines) is 2. The van der Waals surface area contributed by atoms with Crippen LogP contribution in [0.1, 0.15) is 43.0 Å². The number of pyridine rings is 1. The third-order valence-electron chi connectivity index (χ3n) is 8.07. The molecule has 0 radical (unpaired) electrons. The molecule has 3 aromatic heterocycles. The lowest BCUT2D eigenvalue weighted by molar-refractivity contribution is -0.138. The van der Waals surface area contributed by atoms with Gasteiger partial charge in [-0.15, -0.1) is 0 Å². The zero-order valence-electron chi connectivity index (χ0n) is 22.0. The van der Waals surface area contributed by atoms with Crippen LogP contribution in [0.15, 0.2) is 59.7 Å². The van der Waals surface area contributed by atoms with Crippen molar-refractivity contribution in [2.45, 2.75) is 45.2 Å². The average molecular weight is 530 g/mol. The molecule has 9 nitrogen and oxygen atoms in total. The number of hydrogen-bond donors (Lipinski definition) is 0. The molecule has 6 rings (SSSR count). The number of fused-ring (bicyclic) bond motifs is 1. The van der Waals surface area contributed by atoms with E-state index in [1.165, 1.54) is 16.7 Å². The minimum atomic E-state index is -0.398. The van der Waals surface area contributed by atoms with Gasteiger partial charge in [-0.2, -0.15) is 10.2 Å². The van der Waals surface area contributed by atoms with Crippen LogP contribution in [-0.2, 0) is 11.3 Å². The van der Waals surface area contributed by atoms with Crippen molar-refractivity contribution >= 4 is 16.9 Å². The van der Waals surface area contributed by atoms with Gasteiger partial charge in [0.2, 0.25) is 5.91 Å². The second-order valence-corrected chi connectivity index (χ2v) is 10.6. The molecule has 10 heteroatoms. The van der Waals surface area contributed by atoms with Crippen LogP contribution < -0.4 is 5.69 Å². The summed E-state index contributed by atoms with van der Waals surface area (Å²) in [5, 5.41) is 7.78. The maximum atomic E-state index is 14.2. The van der Waals surface area contributed by atoms with E-state index in [9.17, 15) is 14.0 Å². The average Bonchev–Trinajstić information content (AvgIpc) is 3.24. The minimum Gasteiger partial charge on any atom is -0.342 e. The highest BCUT2D eigenvalue weighted by atomic mass is 19.1. The zero-order valence-corrected chi connectivity index (χ0v) is 22.0. The summed E-state index contributed by atoms with van der Waals surface area (Å²) in [5.74, 6) is 0.339. The lowest BCUT2D eigenvalue weighted by Gasteiger charge is -2.37. The van der Waals surface area contributed by atoms with Crippen molar-refractivity contribution in [3.63, 3.8) is 0 Å². The van der Waals surface area contributed by atoms with Crippen LogP contribution >= 0.6 is 0 Å². The highest BCUT2D eigenvalue weighted by molar-refractivity contribution is 5.79. The summed E-state index contributed by atoms with van der Waals surface area (Å²) in [5.41, 5.74) is 2.88. The predicted octanol–water partition coefficient (Wildman–Crippen LogP) is 3.50.